The summed E-state index contributed by atoms with van der Waals surface area (Å²) in [4.78, 5) is 0. The number of aromatic nitrogens is 4. The van der Waals surface area contributed by atoms with E-state index in [1.807, 2.05) is 0 Å². The Bertz CT molecular complexity index is 557. The zero-order valence-electron chi connectivity index (χ0n) is 9.92. The minimum Gasteiger partial charge on any atom is -0.495 e. The van der Waals surface area contributed by atoms with Gasteiger partial charge in [0.1, 0.15) is 17.2 Å². The Morgan fingerprint density at radius 3 is 2.61 bits per heavy atom. The van der Waals surface area contributed by atoms with Crippen molar-refractivity contribution < 1.29 is 9.47 Å². The topological polar surface area (TPSA) is 88.1 Å². The molecule has 0 atom stereocenters. The molecule has 2 aromatic rings. The van der Waals surface area contributed by atoms with Crippen LogP contribution in [0.25, 0.3) is 5.69 Å². The molecule has 0 saturated heterocycles. The van der Waals surface area contributed by atoms with Crippen molar-refractivity contribution in [2.75, 3.05) is 14.2 Å². The van der Waals surface area contributed by atoms with Crippen LogP contribution < -0.4 is 15.2 Å². The molecule has 0 saturated carbocycles. The lowest BCUT2D eigenvalue weighted by Crippen LogP contribution is -2.09. The van der Waals surface area contributed by atoms with Crippen LogP contribution in [0.2, 0.25) is 5.02 Å². The quantitative estimate of drug-likeness (QED) is 0.883. The van der Waals surface area contributed by atoms with Gasteiger partial charge in [0, 0.05) is 6.07 Å². The smallest absolute Gasteiger partial charge is 0.170 e. The molecule has 0 spiro atoms. The summed E-state index contributed by atoms with van der Waals surface area (Å²) in [5.74, 6) is 1.56. The third-order valence-electron chi connectivity index (χ3n) is 2.40. The van der Waals surface area contributed by atoms with Gasteiger partial charge in [-0.05, 0) is 16.5 Å². The number of methoxy groups -OCH3 is 2. The normalized spacial score (nSPS) is 10.4. The van der Waals surface area contributed by atoms with Crippen LogP contribution in [0.15, 0.2) is 12.1 Å². The second-order valence-corrected chi connectivity index (χ2v) is 3.78. The fourth-order valence-corrected chi connectivity index (χ4v) is 1.76. The van der Waals surface area contributed by atoms with Crippen molar-refractivity contribution in [3.8, 4) is 17.2 Å². The molecular weight excluding hydrogens is 258 g/mol. The van der Waals surface area contributed by atoms with Crippen LogP contribution in [0.5, 0.6) is 11.5 Å². The van der Waals surface area contributed by atoms with Crippen molar-refractivity contribution in [2.45, 2.75) is 6.54 Å². The lowest BCUT2D eigenvalue weighted by molar-refractivity contribution is 0.392. The Kier molecular flexibility index (Phi) is 3.63. The number of rotatable bonds is 4. The number of nitrogens with two attached hydrogens (primary N) is 1. The largest absolute Gasteiger partial charge is 0.495 e. The molecule has 1 aromatic heterocycles. The molecule has 2 N–H and O–H groups in total. The van der Waals surface area contributed by atoms with E-state index in [-0.39, 0.29) is 6.54 Å². The Hall–Kier alpha value is -1.86. The Balaban J connectivity index is 2.60. The number of tetrazole rings is 1. The van der Waals surface area contributed by atoms with E-state index >= 15 is 0 Å². The van der Waals surface area contributed by atoms with Gasteiger partial charge in [0.15, 0.2) is 5.82 Å². The van der Waals surface area contributed by atoms with Gasteiger partial charge in [0.25, 0.3) is 0 Å². The van der Waals surface area contributed by atoms with Crippen LogP contribution in [-0.4, -0.2) is 34.4 Å². The number of hydrogen-bond acceptors (Lipinski definition) is 6. The van der Waals surface area contributed by atoms with Crippen LogP contribution in [-0.2, 0) is 6.54 Å². The molecule has 0 amide bonds. The second kappa shape index (κ2) is 5.19. The van der Waals surface area contributed by atoms with Crippen molar-refractivity contribution in [1.29, 1.82) is 0 Å². The summed E-state index contributed by atoms with van der Waals surface area (Å²) in [6.07, 6.45) is 0. The van der Waals surface area contributed by atoms with Crippen LogP contribution in [0.3, 0.4) is 0 Å². The highest BCUT2D eigenvalue weighted by Gasteiger charge is 2.15. The standard InChI is InChI=1S/C10H12ClN5O2/c1-17-8-4-9(18-2)7(3-6(8)11)16-10(5-12)13-14-15-16/h3-4H,5,12H2,1-2H3. The average Bonchev–Trinajstić information content (AvgIpc) is 2.86. The molecule has 1 aromatic carbocycles. The zero-order valence-corrected chi connectivity index (χ0v) is 10.7. The maximum Gasteiger partial charge on any atom is 0.170 e. The highest BCUT2D eigenvalue weighted by molar-refractivity contribution is 6.32. The van der Waals surface area contributed by atoms with Gasteiger partial charge in [-0.1, -0.05) is 11.6 Å². The molecule has 0 aliphatic rings. The lowest BCUT2D eigenvalue weighted by atomic mass is 10.2. The summed E-state index contributed by atoms with van der Waals surface area (Å²) in [6, 6.07) is 3.33. The highest BCUT2D eigenvalue weighted by atomic mass is 35.5. The summed E-state index contributed by atoms with van der Waals surface area (Å²) < 4.78 is 11.9. The number of hydrogen-bond donors (Lipinski definition) is 1. The molecule has 2 rings (SSSR count). The molecule has 0 fully saturated rings. The molecule has 8 heteroatoms. The van der Waals surface area contributed by atoms with E-state index < -0.39 is 0 Å². The van der Waals surface area contributed by atoms with Gasteiger partial charge in [-0.15, -0.1) is 5.10 Å². The van der Waals surface area contributed by atoms with E-state index in [9.17, 15) is 0 Å². The van der Waals surface area contributed by atoms with Gasteiger partial charge in [-0.2, -0.15) is 4.68 Å². The maximum atomic E-state index is 6.08. The van der Waals surface area contributed by atoms with Crippen molar-refractivity contribution in [1.82, 2.24) is 20.2 Å². The van der Waals surface area contributed by atoms with Crippen molar-refractivity contribution in [2.24, 2.45) is 5.73 Å². The summed E-state index contributed by atoms with van der Waals surface area (Å²) in [7, 11) is 3.07. The molecule has 0 unspecified atom stereocenters. The molecule has 7 nitrogen and oxygen atoms in total. The average molecular weight is 270 g/mol. The maximum absolute atomic E-state index is 6.08. The zero-order chi connectivity index (χ0) is 13.1. The first kappa shape index (κ1) is 12.6. The predicted octanol–water partition coefficient (Wildman–Crippen LogP) is 0.792. The van der Waals surface area contributed by atoms with Crippen LogP contribution in [0.1, 0.15) is 5.82 Å². The highest BCUT2D eigenvalue weighted by Crippen LogP contribution is 2.34. The van der Waals surface area contributed by atoms with Gasteiger partial charge in [-0.3, -0.25) is 0 Å². The third-order valence-corrected chi connectivity index (χ3v) is 2.69. The molecule has 0 bridgehead atoms. The van der Waals surface area contributed by atoms with Gasteiger partial charge >= 0.3 is 0 Å². The lowest BCUT2D eigenvalue weighted by Gasteiger charge is -2.12. The summed E-state index contributed by atoms with van der Waals surface area (Å²) in [6.45, 7) is 0.208. The summed E-state index contributed by atoms with van der Waals surface area (Å²) in [5.41, 5.74) is 6.16. The minimum atomic E-state index is 0.208. The van der Waals surface area contributed by atoms with Crippen LogP contribution in [0.4, 0.5) is 0 Å². The van der Waals surface area contributed by atoms with Crippen LogP contribution >= 0.6 is 11.6 Å². The van der Waals surface area contributed by atoms with Crippen molar-refractivity contribution in [3.63, 3.8) is 0 Å². The van der Waals surface area contributed by atoms with E-state index in [1.165, 1.54) is 11.8 Å². The van der Waals surface area contributed by atoms with Gasteiger partial charge in [0.05, 0.1) is 25.8 Å². The number of halogens is 1. The second-order valence-electron chi connectivity index (χ2n) is 3.37. The van der Waals surface area contributed by atoms with Crippen molar-refractivity contribution >= 4 is 11.6 Å². The minimum absolute atomic E-state index is 0.208. The third kappa shape index (κ3) is 2.09. The summed E-state index contributed by atoms with van der Waals surface area (Å²) in [5, 5.41) is 11.7. The first-order valence-electron chi connectivity index (χ1n) is 5.10. The molecule has 96 valence electrons. The fraction of sp³-hybridized carbons (Fsp3) is 0.300. The number of benzene rings is 1. The molecule has 0 radical (unpaired) electrons. The molecular formula is C10H12ClN5O2. The molecule has 0 aliphatic heterocycles. The number of ether oxygens (including phenoxy) is 2. The van der Waals surface area contributed by atoms with E-state index in [2.05, 4.69) is 15.5 Å². The van der Waals surface area contributed by atoms with Crippen molar-refractivity contribution in [3.05, 3.63) is 23.0 Å². The van der Waals surface area contributed by atoms with E-state index in [0.29, 0.717) is 28.0 Å². The predicted molar refractivity (Wildman–Crippen MR) is 65.2 cm³/mol. The first-order valence-corrected chi connectivity index (χ1v) is 5.48. The van der Waals surface area contributed by atoms with Gasteiger partial charge in [-0.25, -0.2) is 0 Å². The Morgan fingerprint density at radius 2 is 2.00 bits per heavy atom. The van der Waals surface area contributed by atoms with E-state index in [4.69, 9.17) is 26.8 Å². The summed E-state index contributed by atoms with van der Waals surface area (Å²) >= 11 is 6.08. The van der Waals surface area contributed by atoms with E-state index in [0.717, 1.165) is 0 Å². The van der Waals surface area contributed by atoms with Gasteiger partial charge in [0.2, 0.25) is 0 Å². The molecule has 0 aliphatic carbocycles. The first-order chi connectivity index (χ1) is 8.71. The monoisotopic (exact) mass is 269 g/mol. The molecule has 1 heterocycles. The van der Waals surface area contributed by atoms with E-state index in [1.54, 1.807) is 19.2 Å². The number of nitrogens with zero attached hydrogens (tertiary/aromatic N) is 4. The SMILES string of the molecule is COc1cc(OC)c(-n2nnnc2CN)cc1Cl. The fourth-order valence-electron chi connectivity index (χ4n) is 1.53. The molecule has 18 heavy (non-hydrogen) atoms. The van der Waals surface area contributed by atoms with Gasteiger partial charge < -0.3 is 15.2 Å². The Labute approximate surface area is 108 Å². The van der Waals surface area contributed by atoms with Crippen LogP contribution in [0, 0.1) is 0 Å². The Morgan fingerprint density at radius 1 is 1.28 bits per heavy atom.